The molecule has 92 valence electrons. The van der Waals surface area contributed by atoms with Gasteiger partial charge in [0.05, 0.1) is 6.61 Å². The zero-order valence-corrected chi connectivity index (χ0v) is 8.67. The van der Waals surface area contributed by atoms with Crippen molar-refractivity contribution in [3.8, 4) is 0 Å². The van der Waals surface area contributed by atoms with Crippen molar-refractivity contribution < 1.29 is 25.2 Å². The monoisotopic (exact) mass is 225 g/mol. The van der Waals surface area contributed by atoms with Gasteiger partial charge in [0.15, 0.2) is 0 Å². The maximum absolute atomic E-state index is 9.48. The first-order chi connectivity index (χ1) is 7.18. The molecule has 0 atom stereocenters. The lowest BCUT2D eigenvalue weighted by atomic mass is 10.3. The predicted molar refractivity (Wildman–Crippen MR) is 52.7 cm³/mol. The fourth-order valence-electron chi connectivity index (χ4n) is 0.577. The third-order valence-corrected chi connectivity index (χ3v) is 1.32. The van der Waals surface area contributed by atoms with Gasteiger partial charge in [-0.25, -0.2) is 0 Å². The second-order valence-electron chi connectivity index (χ2n) is 2.64. The van der Waals surface area contributed by atoms with Crippen LogP contribution < -0.4 is 0 Å². The molecule has 0 aromatic rings. The number of aliphatic hydroxyl groups excluding tert-OH is 3. The van der Waals surface area contributed by atoms with Crippen LogP contribution in [0.3, 0.4) is 0 Å². The minimum Gasteiger partial charge on any atom is -0.396 e. The third kappa shape index (κ3) is 24.6. The van der Waals surface area contributed by atoms with Crippen LogP contribution in [0.5, 0.6) is 0 Å². The zero-order valence-electron chi connectivity index (χ0n) is 8.67. The molecule has 15 heavy (non-hydrogen) atoms. The van der Waals surface area contributed by atoms with Crippen LogP contribution in [-0.2, 0) is 4.84 Å². The molecule has 0 fully saturated rings. The van der Waals surface area contributed by atoms with Gasteiger partial charge in [0, 0.05) is 19.8 Å². The molecule has 7 heteroatoms. The van der Waals surface area contributed by atoms with Gasteiger partial charge in [0.2, 0.25) is 0 Å². The zero-order chi connectivity index (χ0) is 11.9. The number of hydrogen-bond donors (Lipinski definition) is 3. The molecule has 7 nitrogen and oxygen atoms in total. The Morgan fingerprint density at radius 2 is 1.33 bits per heavy atom. The summed E-state index contributed by atoms with van der Waals surface area (Å²) in [6, 6.07) is 0. The summed E-state index contributed by atoms with van der Waals surface area (Å²) < 4.78 is 0. The summed E-state index contributed by atoms with van der Waals surface area (Å²) in [6.45, 7) is 0.524. The van der Waals surface area contributed by atoms with Gasteiger partial charge in [-0.05, 0) is 25.7 Å². The molecule has 0 aliphatic rings. The van der Waals surface area contributed by atoms with E-state index in [-0.39, 0.29) is 26.4 Å². The highest BCUT2D eigenvalue weighted by Crippen LogP contribution is 1.87. The predicted octanol–water partition coefficient (Wildman–Crippen LogP) is -0.282. The minimum absolute atomic E-state index is 0.0566. The van der Waals surface area contributed by atoms with Crippen molar-refractivity contribution >= 4 is 0 Å². The first-order valence-corrected chi connectivity index (χ1v) is 4.79. The van der Waals surface area contributed by atoms with Crippen LogP contribution in [0.15, 0.2) is 0 Å². The number of rotatable bonds is 8. The molecule has 0 bridgehead atoms. The van der Waals surface area contributed by atoms with Crippen LogP contribution in [0.2, 0.25) is 0 Å². The lowest BCUT2D eigenvalue weighted by Crippen LogP contribution is -2.02. The second-order valence-corrected chi connectivity index (χ2v) is 2.64. The van der Waals surface area contributed by atoms with E-state index in [4.69, 9.17) is 15.3 Å². The summed E-state index contributed by atoms with van der Waals surface area (Å²) in [6.07, 6.45) is 2.51. The molecule has 0 aromatic carbocycles. The van der Waals surface area contributed by atoms with E-state index in [1.165, 1.54) is 0 Å². The normalized spacial score (nSPS) is 9.00. The number of hydrogen-bond acceptors (Lipinski definition) is 6. The SMILES string of the molecule is O=[N+]([O-])OCCCCO.OCCCCO. The highest BCUT2D eigenvalue weighted by molar-refractivity contribution is 4.32. The maximum Gasteiger partial charge on any atom is 0.294 e. The fraction of sp³-hybridized carbons (Fsp3) is 1.00. The van der Waals surface area contributed by atoms with Crippen LogP contribution in [0, 0.1) is 10.1 Å². The Morgan fingerprint density at radius 3 is 1.67 bits per heavy atom. The lowest BCUT2D eigenvalue weighted by Gasteiger charge is -1.94. The van der Waals surface area contributed by atoms with Crippen LogP contribution in [0.25, 0.3) is 0 Å². The molecule has 0 spiro atoms. The number of nitrogens with zero attached hydrogens (tertiary/aromatic N) is 1. The molecular weight excluding hydrogens is 206 g/mol. The quantitative estimate of drug-likeness (QED) is 0.297. The van der Waals surface area contributed by atoms with Gasteiger partial charge in [0.25, 0.3) is 5.09 Å². The van der Waals surface area contributed by atoms with Gasteiger partial charge in [-0.1, -0.05) is 0 Å². The molecule has 0 aromatic heterocycles. The van der Waals surface area contributed by atoms with Gasteiger partial charge >= 0.3 is 0 Å². The summed E-state index contributed by atoms with van der Waals surface area (Å²) in [7, 11) is 0. The van der Waals surface area contributed by atoms with Crippen molar-refractivity contribution in [2.75, 3.05) is 26.4 Å². The molecule has 0 saturated carbocycles. The van der Waals surface area contributed by atoms with Crippen molar-refractivity contribution in [3.05, 3.63) is 10.1 Å². The van der Waals surface area contributed by atoms with Crippen molar-refractivity contribution in [2.24, 2.45) is 0 Å². The molecule has 0 amide bonds. The van der Waals surface area contributed by atoms with Gasteiger partial charge in [-0.2, -0.15) is 0 Å². The Labute approximate surface area is 88.4 Å². The Kier molecular flexibility index (Phi) is 17.1. The summed E-state index contributed by atoms with van der Waals surface area (Å²) in [5, 5.41) is 33.0. The van der Waals surface area contributed by atoms with Crippen LogP contribution >= 0.6 is 0 Å². The van der Waals surface area contributed by atoms with Gasteiger partial charge in [-0.15, -0.1) is 10.1 Å². The van der Waals surface area contributed by atoms with E-state index in [1.807, 2.05) is 0 Å². The van der Waals surface area contributed by atoms with E-state index in [0.29, 0.717) is 12.8 Å². The highest BCUT2D eigenvalue weighted by Gasteiger charge is 1.91. The molecule has 0 radical (unpaired) electrons. The Balaban J connectivity index is 0. The molecule has 0 aliphatic heterocycles. The molecule has 0 aliphatic carbocycles. The maximum atomic E-state index is 9.48. The Hall–Kier alpha value is -0.920. The fourth-order valence-corrected chi connectivity index (χ4v) is 0.577. The average Bonchev–Trinajstić information content (AvgIpc) is 2.22. The Morgan fingerprint density at radius 1 is 0.933 bits per heavy atom. The molecular formula is C8H19NO6. The highest BCUT2D eigenvalue weighted by atomic mass is 16.9. The third-order valence-electron chi connectivity index (χ3n) is 1.32. The van der Waals surface area contributed by atoms with Crippen molar-refractivity contribution in [1.29, 1.82) is 0 Å². The largest absolute Gasteiger partial charge is 0.396 e. The standard InChI is InChI=1S/C4H9NO4.C4H10O2/c6-3-1-2-4-9-5(7)8;5-3-1-2-4-6/h6H,1-4H2;5-6H,1-4H2. The van der Waals surface area contributed by atoms with Crippen LogP contribution in [-0.4, -0.2) is 46.8 Å². The second kappa shape index (κ2) is 15.5. The molecule has 0 heterocycles. The number of aliphatic hydroxyl groups is 3. The molecule has 0 unspecified atom stereocenters. The van der Waals surface area contributed by atoms with Crippen molar-refractivity contribution in [1.82, 2.24) is 0 Å². The molecule has 0 saturated heterocycles. The minimum atomic E-state index is -0.836. The van der Waals surface area contributed by atoms with Crippen LogP contribution in [0.4, 0.5) is 0 Å². The van der Waals surface area contributed by atoms with Gasteiger partial charge in [-0.3, -0.25) is 0 Å². The van der Waals surface area contributed by atoms with E-state index >= 15 is 0 Å². The smallest absolute Gasteiger partial charge is 0.294 e. The van der Waals surface area contributed by atoms with E-state index in [0.717, 1.165) is 12.8 Å². The summed E-state index contributed by atoms with van der Waals surface area (Å²) in [5.41, 5.74) is 0. The number of unbranched alkanes of at least 4 members (excludes halogenated alkanes) is 2. The van der Waals surface area contributed by atoms with Crippen molar-refractivity contribution in [2.45, 2.75) is 25.7 Å². The summed E-state index contributed by atoms with van der Waals surface area (Å²) in [4.78, 5) is 13.4. The topological polar surface area (TPSA) is 113 Å². The van der Waals surface area contributed by atoms with E-state index in [1.54, 1.807) is 0 Å². The molecule has 3 N–H and O–H groups in total. The summed E-state index contributed by atoms with van der Waals surface area (Å²) >= 11 is 0. The first-order valence-electron chi connectivity index (χ1n) is 4.79. The van der Waals surface area contributed by atoms with Gasteiger partial charge < -0.3 is 20.2 Å². The van der Waals surface area contributed by atoms with E-state index < -0.39 is 5.09 Å². The van der Waals surface area contributed by atoms with E-state index in [9.17, 15) is 10.1 Å². The van der Waals surface area contributed by atoms with Gasteiger partial charge in [0.1, 0.15) is 0 Å². The average molecular weight is 225 g/mol. The van der Waals surface area contributed by atoms with E-state index in [2.05, 4.69) is 4.84 Å². The lowest BCUT2D eigenvalue weighted by molar-refractivity contribution is -0.757. The van der Waals surface area contributed by atoms with Crippen LogP contribution in [0.1, 0.15) is 25.7 Å². The van der Waals surface area contributed by atoms with Crippen molar-refractivity contribution in [3.63, 3.8) is 0 Å². The molecule has 0 rings (SSSR count). The Bertz CT molecular complexity index is 128. The summed E-state index contributed by atoms with van der Waals surface area (Å²) in [5.74, 6) is 0. The first kappa shape index (κ1) is 16.5.